The van der Waals surface area contributed by atoms with Crippen LogP contribution in [0.1, 0.15) is 29.8 Å². The minimum atomic E-state index is 0.253. The maximum absolute atomic E-state index is 6.19. The summed E-state index contributed by atoms with van der Waals surface area (Å²) >= 11 is 6.19. The Kier molecular flexibility index (Phi) is 3.99. The van der Waals surface area contributed by atoms with Crippen LogP contribution in [0.15, 0.2) is 24.5 Å². The highest BCUT2D eigenvalue weighted by Crippen LogP contribution is 2.19. The predicted molar refractivity (Wildman–Crippen MR) is 72.4 cm³/mol. The van der Waals surface area contributed by atoms with Gasteiger partial charge in [-0.3, -0.25) is 9.67 Å². The molecular formula is C13H17ClN4. The lowest BCUT2D eigenvalue weighted by Gasteiger charge is -2.13. The summed E-state index contributed by atoms with van der Waals surface area (Å²) in [7, 11) is 1.85. The second-order valence-corrected chi connectivity index (χ2v) is 4.72. The van der Waals surface area contributed by atoms with E-state index in [9.17, 15) is 0 Å². The van der Waals surface area contributed by atoms with Crippen LogP contribution in [0, 0.1) is 6.92 Å². The van der Waals surface area contributed by atoms with Crippen molar-refractivity contribution in [2.75, 3.05) is 0 Å². The van der Waals surface area contributed by atoms with Gasteiger partial charge in [-0.1, -0.05) is 11.6 Å². The molecule has 2 aromatic rings. The van der Waals surface area contributed by atoms with Gasteiger partial charge in [0.25, 0.3) is 0 Å². The summed E-state index contributed by atoms with van der Waals surface area (Å²) < 4.78 is 1.70. The molecule has 4 nitrogen and oxygen atoms in total. The van der Waals surface area contributed by atoms with E-state index in [2.05, 4.69) is 22.3 Å². The Morgan fingerprint density at radius 2 is 2.06 bits per heavy atom. The molecular weight excluding hydrogens is 248 g/mol. The maximum atomic E-state index is 6.19. The summed E-state index contributed by atoms with van der Waals surface area (Å²) in [5, 5.41) is 8.44. The first-order chi connectivity index (χ1) is 8.59. The van der Waals surface area contributed by atoms with E-state index in [0.717, 1.165) is 11.3 Å². The molecule has 0 aliphatic heterocycles. The van der Waals surface area contributed by atoms with E-state index in [4.69, 9.17) is 11.6 Å². The molecule has 0 aromatic carbocycles. The number of pyridine rings is 1. The molecule has 5 heteroatoms. The molecule has 0 fully saturated rings. The van der Waals surface area contributed by atoms with Crippen LogP contribution in [0.5, 0.6) is 0 Å². The average molecular weight is 265 g/mol. The van der Waals surface area contributed by atoms with Crippen LogP contribution >= 0.6 is 11.6 Å². The third kappa shape index (κ3) is 2.71. The third-order valence-electron chi connectivity index (χ3n) is 3.06. The molecule has 0 aliphatic rings. The molecule has 0 unspecified atom stereocenters. The largest absolute Gasteiger partial charge is 0.306 e. The molecule has 0 radical (unpaired) electrons. The lowest BCUT2D eigenvalue weighted by molar-refractivity contribution is 0.573. The van der Waals surface area contributed by atoms with Crippen LogP contribution in [0.3, 0.4) is 0 Å². The van der Waals surface area contributed by atoms with E-state index in [1.54, 1.807) is 17.1 Å². The minimum absolute atomic E-state index is 0.253. The van der Waals surface area contributed by atoms with Gasteiger partial charge >= 0.3 is 0 Å². The lowest BCUT2D eigenvalue weighted by atomic mass is 10.1. The van der Waals surface area contributed by atoms with Crippen molar-refractivity contribution in [2.45, 2.75) is 26.4 Å². The monoisotopic (exact) mass is 264 g/mol. The first-order valence-corrected chi connectivity index (χ1v) is 6.28. The molecule has 0 spiro atoms. The Morgan fingerprint density at radius 1 is 1.39 bits per heavy atom. The Morgan fingerprint density at radius 3 is 2.61 bits per heavy atom. The summed E-state index contributed by atoms with van der Waals surface area (Å²) in [6, 6.07) is 4.27. The number of rotatable bonds is 4. The van der Waals surface area contributed by atoms with E-state index >= 15 is 0 Å². The first kappa shape index (κ1) is 13.1. The Bertz CT molecular complexity index is 521. The van der Waals surface area contributed by atoms with Gasteiger partial charge in [0.05, 0.1) is 5.69 Å². The molecule has 0 bridgehead atoms. The normalized spacial score (nSPS) is 12.7. The third-order valence-corrected chi connectivity index (χ3v) is 3.53. The van der Waals surface area contributed by atoms with Crippen LogP contribution in [0.25, 0.3) is 0 Å². The fraction of sp³-hybridized carbons (Fsp3) is 0.385. The van der Waals surface area contributed by atoms with Gasteiger partial charge in [-0.15, -0.1) is 0 Å². The van der Waals surface area contributed by atoms with Gasteiger partial charge in [-0.25, -0.2) is 0 Å². The summed E-state index contributed by atoms with van der Waals surface area (Å²) in [6.07, 6.45) is 3.60. The van der Waals surface area contributed by atoms with Crippen LogP contribution in [-0.2, 0) is 13.6 Å². The fourth-order valence-corrected chi connectivity index (χ4v) is 2.14. The maximum Gasteiger partial charge on any atom is 0.131 e. The van der Waals surface area contributed by atoms with Crippen molar-refractivity contribution in [3.05, 3.63) is 46.5 Å². The van der Waals surface area contributed by atoms with Crippen molar-refractivity contribution in [3.63, 3.8) is 0 Å². The van der Waals surface area contributed by atoms with E-state index < -0.39 is 0 Å². The van der Waals surface area contributed by atoms with Crippen molar-refractivity contribution in [1.82, 2.24) is 20.1 Å². The van der Waals surface area contributed by atoms with Gasteiger partial charge in [-0.05, 0) is 31.5 Å². The minimum Gasteiger partial charge on any atom is -0.306 e. The molecule has 96 valence electrons. The molecule has 1 atom stereocenters. The molecule has 18 heavy (non-hydrogen) atoms. The molecule has 1 N–H and O–H groups in total. The van der Waals surface area contributed by atoms with E-state index in [1.165, 1.54) is 5.56 Å². The van der Waals surface area contributed by atoms with Crippen LogP contribution < -0.4 is 5.32 Å². The molecule has 2 aromatic heterocycles. The van der Waals surface area contributed by atoms with Gasteiger partial charge in [0.1, 0.15) is 5.15 Å². The number of halogens is 1. The summed E-state index contributed by atoms with van der Waals surface area (Å²) in [4.78, 5) is 4.02. The highest BCUT2D eigenvalue weighted by molar-refractivity contribution is 6.30. The number of nitrogens with zero attached hydrogens (tertiary/aromatic N) is 3. The molecule has 0 aliphatic carbocycles. The van der Waals surface area contributed by atoms with Gasteiger partial charge in [0, 0.05) is 37.6 Å². The zero-order chi connectivity index (χ0) is 13.1. The van der Waals surface area contributed by atoms with Gasteiger partial charge in [0.2, 0.25) is 0 Å². The van der Waals surface area contributed by atoms with Crippen molar-refractivity contribution >= 4 is 11.6 Å². The Labute approximate surface area is 112 Å². The number of nitrogens with one attached hydrogen (secondary N) is 1. The standard InChI is InChI=1S/C13H17ClN4/c1-9(11-4-6-15-7-5-11)16-8-12-10(2)17-18(3)13(12)14/h4-7,9,16H,8H2,1-3H3/t9-/m0/s1. The summed E-state index contributed by atoms with van der Waals surface area (Å²) in [5.41, 5.74) is 3.24. The number of aromatic nitrogens is 3. The predicted octanol–water partition coefficient (Wildman–Crippen LogP) is 2.63. The van der Waals surface area contributed by atoms with Crippen molar-refractivity contribution in [2.24, 2.45) is 7.05 Å². The molecule has 2 heterocycles. The quantitative estimate of drug-likeness (QED) is 0.923. The SMILES string of the molecule is Cc1nn(C)c(Cl)c1CN[C@@H](C)c1ccncc1. The van der Waals surface area contributed by atoms with Crippen molar-refractivity contribution in [3.8, 4) is 0 Å². The van der Waals surface area contributed by atoms with Crippen molar-refractivity contribution in [1.29, 1.82) is 0 Å². The van der Waals surface area contributed by atoms with Gasteiger partial charge in [-0.2, -0.15) is 5.10 Å². The summed E-state index contributed by atoms with van der Waals surface area (Å²) in [5.74, 6) is 0. The lowest BCUT2D eigenvalue weighted by Crippen LogP contribution is -2.18. The highest BCUT2D eigenvalue weighted by atomic mass is 35.5. The van der Waals surface area contributed by atoms with Gasteiger partial charge in [0.15, 0.2) is 0 Å². The topological polar surface area (TPSA) is 42.7 Å². The van der Waals surface area contributed by atoms with Crippen LogP contribution in [-0.4, -0.2) is 14.8 Å². The van der Waals surface area contributed by atoms with E-state index in [0.29, 0.717) is 11.7 Å². The number of aryl methyl sites for hydroxylation is 2. The zero-order valence-corrected chi connectivity index (χ0v) is 11.6. The van der Waals surface area contributed by atoms with Crippen LogP contribution in [0.2, 0.25) is 5.15 Å². The number of hydrogen-bond acceptors (Lipinski definition) is 3. The molecule has 0 saturated carbocycles. The van der Waals surface area contributed by atoms with E-state index in [1.807, 2.05) is 26.1 Å². The average Bonchev–Trinajstić information content (AvgIpc) is 2.62. The number of hydrogen-bond donors (Lipinski definition) is 1. The van der Waals surface area contributed by atoms with Crippen molar-refractivity contribution < 1.29 is 0 Å². The smallest absolute Gasteiger partial charge is 0.131 e. The molecule has 2 rings (SSSR count). The molecule has 0 saturated heterocycles. The van der Waals surface area contributed by atoms with Gasteiger partial charge < -0.3 is 5.32 Å². The Hall–Kier alpha value is -1.39. The first-order valence-electron chi connectivity index (χ1n) is 5.91. The van der Waals surface area contributed by atoms with E-state index in [-0.39, 0.29) is 6.04 Å². The second kappa shape index (κ2) is 5.50. The summed E-state index contributed by atoms with van der Waals surface area (Å²) in [6.45, 7) is 4.80. The fourth-order valence-electron chi connectivity index (χ4n) is 1.90. The molecule has 0 amide bonds. The zero-order valence-electron chi connectivity index (χ0n) is 10.8. The Balaban J connectivity index is 2.04. The highest BCUT2D eigenvalue weighted by Gasteiger charge is 2.12. The van der Waals surface area contributed by atoms with Crippen LogP contribution in [0.4, 0.5) is 0 Å². The second-order valence-electron chi connectivity index (χ2n) is 4.36.